The monoisotopic (exact) mass is 194 g/mol. The Bertz CT molecular complexity index is 365. The smallest absolute Gasteiger partial charge is 0.205 e. The fraction of sp³-hybridized carbons (Fsp3) is 0.250. The summed E-state index contributed by atoms with van der Waals surface area (Å²) in [6, 6.07) is 2.03. The Hall–Kier alpha value is -1.36. The van der Waals surface area contributed by atoms with Gasteiger partial charge in [0.15, 0.2) is 0 Å². The summed E-state index contributed by atoms with van der Waals surface area (Å²) in [6.07, 6.45) is 3.86. The molecule has 0 saturated carbocycles. The van der Waals surface area contributed by atoms with Crippen LogP contribution >= 0.6 is 11.3 Å². The van der Waals surface area contributed by atoms with Crippen LogP contribution in [-0.4, -0.2) is 15.2 Å². The standard InChI is InChI=1S/C8H10N4S/c1-6-11-12-8(13-6)10-5-7-2-3-9-4-7/h2-4,9H,5H2,1H3,(H,10,12). The topological polar surface area (TPSA) is 53.6 Å². The SMILES string of the molecule is Cc1nnc(NCc2cc[nH]c2)s1. The average Bonchev–Trinajstić information content (AvgIpc) is 2.71. The Morgan fingerprint density at radius 3 is 3.08 bits per heavy atom. The van der Waals surface area contributed by atoms with E-state index in [0.29, 0.717) is 0 Å². The highest BCUT2D eigenvalue weighted by molar-refractivity contribution is 7.15. The summed E-state index contributed by atoms with van der Waals surface area (Å²) in [5, 5.41) is 12.9. The van der Waals surface area contributed by atoms with Crippen molar-refractivity contribution in [1.82, 2.24) is 15.2 Å². The van der Waals surface area contributed by atoms with Crippen LogP contribution < -0.4 is 5.32 Å². The number of rotatable bonds is 3. The van der Waals surface area contributed by atoms with Crippen molar-refractivity contribution in [3.05, 3.63) is 29.0 Å². The van der Waals surface area contributed by atoms with E-state index in [1.54, 1.807) is 11.3 Å². The zero-order chi connectivity index (χ0) is 9.10. The molecule has 68 valence electrons. The van der Waals surface area contributed by atoms with Crippen molar-refractivity contribution in [3.63, 3.8) is 0 Å². The molecule has 2 aromatic rings. The molecule has 2 aromatic heterocycles. The van der Waals surface area contributed by atoms with Crippen molar-refractivity contribution in [2.24, 2.45) is 0 Å². The summed E-state index contributed by atoms with van der Waals surface area (Å²) in [4.78, 5) is 3.00. The molecule has 0 bridgehead atoms. The molecular weight excluding hydrogens is 184 g/mol. The Morgan fingerprint density at radius 1 is 1.54 bits per heavy atom. The number of H-pyrrole nitrogens is 1. The molecule has 13 heavy (non-hydrogen) atoms. The number of anilines is 1. The molecule has 0 aliphatic carbocycles. The summed E-state index contributed by atoms with van der Waals surface area (Å²) < 4.78 is 0. The molecule has 0 aliphatic heterocycles. The fourth-order valence-corrected chi connectivity index (χ4v) is 1.60. The molecule has 0 unspecified atom stereocenters. The normalized spacial score (nSPS) is 10.2. The van der Waals surface area contributed by atoms with E-state index in [4.69, 9.17) is 0 Å². The van der Waals surface area contributed by atoms with E-state index in [1.165, 1.54) is 5.56 Å². The molecule has 5 heteroatoms. The minimum Gasteiger partial charge on any atom is -0.367 e. The Kier molecular flexibility index (Phi) is 2.27. The summed E-state index contributed by atoms with van der Waals surface area (Å²) in [6.45, 7) is 2.73. The molecule has 0 saturated heterocycles. The molecule has 0 aliphatic rings. The van der Waals surface area contributed by atoms with Gasteiger partial charge in [-0.3, -0.25) is 0 Å². The van der Waals surface area contributed by atoms with E-state index in [1.807, 2.05) is 25.4 Å². The second-order valence-corrected chi connectivity index (χ2v) is 3.88. The predicted molar refractivity (Wildman–Crippen MR) is 52.8 cm³/mol. The Labute approximate surface area is 80.0 Å². The first kappa shape index (κ1) is 8.25. The van der Waals surface area contributed by atoms with Gasteiger partial charge in [0, 0.05) is 18.9 Å². The molecule has 4 nitrogen and oxygen atoms in total. The van der Waals surface area contributed by atoms with Crippen LogP contribution in [0, 0.1) is 6.92 Å². The molecule has 0 fully saturated rings. The molecule has 0 radical (unpaired) electrons. The van der Waals surface area contributed by atoms with Gasteiger partial charge in [0.2, 0.25) is 5.13 Å². The number of aromatic nitrogens is 3. The maximum Gasteiger partial charge on any atom is 0.205 e. The first-order chi connectivity index (χ1) is 6.34. The third kappa shape index (κ3) is 2.06. The lowest BCUT2D eigenvalue weighted by Gasteiger charge is -1.97. The molecule has 0 amide bonds. The van der Waals surface area contributed by atoms with Gasteiger partial charge in [0.25, 0.3) is 0 Å². The molecule has 0 atom stereocenters. The largest absolute Gasteiger partial charge is 0.367 e. The van der Waals surface area contributed by atoms with Gasteiger partial charge in [-0.25, -0.2) is 0 Å². The lowest BCUT2D eigenvalue weighted by Crippen LogP contribution is -1.97. The van der Waals surface area contributed by atoms with Gasteiger partial charge in [-0.2, -0.15) is 0 Å². The van der Waals surface area contributed by atoms with Gasteiger partial charge in [-0.15, -0.1) is 10.2 Å². The van der Waals surface area contributed by atoms with Crippen LogP contribution in [0.4, 0.5) is 5.13 Å². The van der Waals surface area contributed by atoms with Gasteiger partial charge >= 0.3 is 0 Å². The molecular formula is C8H10N4S. The van der Waals surface area contributed by atoms with Crippen molar-refractivity contribution in [2.75, 3.05) is 5.32 Å². The average molecular weight is 194 g/mol. The van der Waals surface area contributed by atoms with E-state index in [9.17, 15) is 0 Å². The summed E-state index contributed by atoms with van der Waals surface area (Å²) >= 11 is 1.57. The van der Waals surface area contributed by atoms with E-state index in [0.717, 1.165) is 16.7 Å². The van der Waals surface area contributed by atoms with Gasteiger partial charge in [0.1, 0.15) is 5.01 Å². The highest BCUT2D eigenvalue weighted by Gasteiger charge is 1.98. The zero-order valence-electron chi connectivity index (χ0n) is 7.24. The van der Waals surface area contributed by atoms with Crippen molar-refractivity contribution in [3.8, 4) is 0 Å². The molecule has 2 N–H and O–H groups in total. The third-order valence-corrected chi connectivity index (χ3v) is 2.43. The summed E-state index contributed by atoms with van der Waals surface area (Å²) in [5.41, 5.74) is 1.22. The predicted octanol–water partition coefficient (Wildman–Crippen LogP) is 1.79. The number of nitrogens with zero attached hydrogens (tertiary/aromatic N) is 2. The van der Waals surface area contributed by atoms with Gasteiger partial charge in [-0.1, -0.05) is 11.3 Å². The van der Waals surface area contributed by atoms with Crippen LogP contribution in [-0.2, 0) is 6.54 Å². The van der Waals surface area contributed by atoms with Crippen molar-refractivity contribution < 1.29 is 0 Å². The quantitative estimate of drug-likeness (QED) is 0.783. The number of hydrogen-bond acceptors (Lipinski definition) is 4. The highest BCUT2D eigenvalue weighted by atomic mass is 32.1. The third-order valence-electron chi connectivity index (χ3n) is 1.63. The van der Waals surface area contributed by atoms with Crippen LogP contribution in [0.5, 0.6) is 0 Å². The van der Waals surface area contributed by atoms with Gasteiger partial charge in [0.05, 0.1) is 0 Å². The molecule has 2 rings (SSSR count). The summed E-state index contributed by atoms with van der Waals surface area (Å²) in [5.74, 6) is 0. The lowest BCUT2D eigenvalue weighted by atomic mass is 10.3. The van der Waals surface area contributed by atoms with Crippen LogP contribution in [0.3, 0.4) is 0 Å². The van der Waals surface area contributed by atoms with E-state index in [-0.39, 0.29) is 0 Å². The maximum atomic E-state index is 3.96. The van der Waals surface area contributed by atoms with Crippen LogP contribution in [0.15, 0.2) is 18.5 Å². The fourth-order valence-electron chi connectivity index (χ4n) is 1.01. The van der Waals surface area contributed by atoms with Crippen LogP contribution in [0.2, 0.25) is 0 Å². The number of nitrogens with one attached hydrogen (secondary N) is 2. The molecule has 0 spiro atoms. The second kappa shape index (κ2) is 3.57. The summed E-state index contributed by atoms with van der Waals surface area (Å²) in [7, 11) is 0. The van der Waals surface area contributed by atoms with Crippen LogP contribution in [0.1, 0.15) is 10.6 Å². The lowest BCUT2D eigenvalue weighted by molar-refractivity contribution is 1.03. The van der Waals surface area contributed by atoms with Crippen molar-refractivity contribution >= 4 is 16.5 Å². The van der Waals surface area contributed by atoms with E-state index in [2.05, 4.69) is 20.5 Å². The zero-order valence-corrected chi connectivity index (χ0v) is 8.06. The Morgan fingerprint density at radius 2 is 2.46 bits per heavy atom. The first-order valence-corrected chi connectivity index (χ1v) is 4.82. The minimum absolute atomic E-state index is 0.790. The van der Waals surface area contributed by atoms with E-state index < -0.39 is 0 Å². The number of aryl methyl sites for hydroxylation is 1. The van der Waals surface area contributed by atoms with Gasteiger partial charge < -0.3 is 10.3 Å². The number of aromatic amines is 1. The molecule has 0 aromatic carbocycles. The van der Waals surface area contributed by atoms with Crippen molar-refractivity contribution in [1.29, 1.82) is 0 Å². The minimum atomic E-state index is 0.790. The second-order valence-electron chi connectivity index (χ2n) is 2.70. The Balaban J connectivity index is 1.93. The molecule has 2 heterocycles. The first-order valence-electron chi connectivity index (χ1n) is 4.00. The maximum absolute atomic E-state index is 3.96. The van der Waals surface area contributed by atoms with Crippen molar-refractivity contribution in [2.45, 2.75) is 13.5 Å². The van der Waals surface area contributed by atoms with Crippen LogP contribution in [0.25, 0.3) is 0 Å². The highest BCUT2D eigenvalue weighted by Crippen LogP contribution is 2.14. The van der Waals surface area contributed by atoms with Gasteiger partial charge in [-0.05, 0) is 18.6 Å². The van der Waals surface area contributed by atoms with E-state index >= 15 is 0 Å². The number of hydrogen-bond donors (Lipinski definition) is 2.